The Labute approximate surface area is 161 Å². The van der Waals surface area contributed by atoms with Crippen LogP contribution in [-0.4, -0.2) is 42.6 Å². The third kappa shape index (κ3) is 3.51. The number of rotatable bonds is 4. The van der Waals surface area contributed by atoms with Crippen molar-refractivity contribution in [1.29, 1.82) is 0 Å². The Morgan fingerprint density at radius 1 is 1.22 bits per heavy atom. The van der Waals surface area contributed by atoms with Gasteiger partial charge in [0.1, 0.15) is 5.82 Å². The summed E-state index contributed by atoms with van der Waals surface area (Å²) < 4.78 is 0. The van der Waals surface area contributed by atoms with E-state index in [1.54, 1.807) is 0 Å². The molecule has 1 aromatic heterocycles. The molecule has 27 heavy (non-hydrogen) atoms. The molecule has 4 rings (SSSR count). The number of aromatic nitrogens is 1. The molecule has 0 saturated carbocycles. The predicted octanol–water partition coefficient (Wildman–Crippen LogP) is 2.86. The summed E-state index contributed by atoms with van der Waals surface area (Å²) in [7, 11) is 0. The zero-order valence-electron chi connectivity index (χ0n) is 16.1. The summed E-state index contributed by atoms with van der Waals surface area (Å²) in [4.78, 5) is 22.4. The average Bonchev–Trinajstić information content (AvgIpc) is 2.73. The van der Waals surface area contributed by atoms with Gasteiger partial charge < -0.3 is 15.1 Å². The Bertz CT molecular complexity index is 794. The number of benzene rings is 1. The number of carbonyl (C=O) groups is 1. The highest BCUT2D eigenvalue weighted by atomic mass is 16.2. The molecule has 1 amide bonds. The van der Waals surface area contributed by atoms with Gasteiger partial charge in [-0.15, -0.1) is 0 Å². The van der Waals surface area contributed by atoms with Gasteiger partial charge in [-0.2, -0.15) is 0 Å². The zero-order valence-corrected chi connectivity index (χ0v) is 16.1. The SMILES string of the molecule is CCC(C)NC(=O)C1Cc2ccccc2N2CCN(c3ccccn3)CC12. The number of carbonyl (C=O) groups excluding carboxylic acids is 1. The second kappa shape index (κ2) is 7.59. The number of anilines is 2. The summed E-state index contributed by atoms with van der Waals surface area (Å²) in [5.41, 5.74) is 2.57. The van der Waals surface area contributed by atoms with Crippen LogP contribution in [-0.2, 0) is 11.2 Å². The van der Waals surface area contributed by atoms with E-state index in [4.69, 9.17) is 0 Å². The Kier molecular flexibility index (Phi) is 5.01. The highest BCUT2D eigenvalue weighted by molar-refractivity contribution is 5.82. The first-order chi connectivity index (χ1) is 13.2. The molecule has 3 atom stereocenters. The van der Waals surface area contributed by atoms with Gasteiger partial charge in [0.2, 0.25) is 5.91 Å². The number of hydrogen-bond donors (Lipinski definition) is 1. The number of para-hydroxylation sites is 1. The second-order valence-electron chi connectivity index (χ2n) is 7.65. The molecular formula is C22H28N4O. The predicted molar refractivity (Wildman–Crippen MR) is 109 cm³/mol. The molecule has 1 N–H and O–H groups in total. The minimum atomic E-state index is -0.0413. The summed E-state index contributed by atoms with van der Waals surface area (Å²) in [6.45, 7) is 6.83. The summed E-state index contributed by atoms with van der Waals surface area (Å²) >= 11 is 0. The lowest BCUT2D eigenvalue weighted by atomic mass is 9.83. The molecule has 1 aromatic carbocycles. The molecule has 142 valence electrons. The van der Waals surface area contributed by atoms with E-state index in [-0.39, 0.29) is 23.9 Å². The maximum absolute atomic E-state index is 13.1. The molecule has 2 aromatic rings. The molecule has 2 aliphatic heterocycles. The van der Waals surface area contributed by atoms with Crippen molar-refractivity contribution in [3.63, 3.8) is 0 Å². The average molecular weight is 364 g/mol. The van der Waals surface area contributed by atoms with Crippen LogP contribution in [0.25, 0.3) is 0 Å². The molecule has 0 radical (unpaired) electrons. The molecule has 3 unspecified atom stereocenters. The smallest absolute Gasteiger partial charge is 0.225 e. The summed E-state index contributed by atoms with van der Waals surface area (Å²) in [6.07, 6.45) is 3.59. The fourth-order valence-corrected chi connectivity index (χ4v) is 4.26. The first-order valence-electron chi connectivity index (χ1n) is 9.98. The van der Waals surface area contributed by atoms with Gasteiger partial charge >= 0.3 is 0 Å². The Morgan fingerprint density at radius 3 is 2.81 bits per heavy atom. The monoisotopic (exact) mass is 364 g/mol. The highest BCUT2D eigenvalue weighted by Crippen LogP contribution is 2.36. The van der Waals surface area contributed by atoms with Crippen LogP contribution in [0.15, 0.2) is 48.7 Å². The standard InChI is InChI=1S/C22H28N4O/c1-3-16(2)24-22(27)18-14-17-8-4-5-9-19(17)26-13-12-25(15-20(18)26)21-10-6-7-11-23-21/h4-11,16,18,20H,3,12-15H2,1-2H3,(H,24,27). The van der Waals surface area contributed by atoms with E-state index in [0.717, 1.165) is 38.3 Å². The van der Waals surface area contributed by atoms with Crippen molar-refractivity contribution in [2.75, 3.05) is 29.4 Å². The van der Waals surface area contributed by atoms with Crippen molar-refractivity contribution in [3.05, 3.63) is 54.2 Å². The third-order valence-corrected chi connectivity index (χ3v) is 5.94. The maximum Gasteiger partial charge on any atom is 0.225 e. The molecule has 0 aliphatic carbocycles. The van der Waals surface area contributed by atoms with Gasteiger partial charge in [-0.1, -0.05) is 31.2 Å². The number of fused-ring (bicyclic) bond motifs is 3. The lowest BCUT2D eigenvalue weighted by Crippen LogP contribution is -2.61. The van der Waals surface area contributed by atoms with Crippen LogP contribution >= 0.6 is 0 Å². The van der Waals surface area contributed by atoms with Crippen molar-refractivity contribution >= 4 is 17.4 Å². The van der Waals surface area contributed by atoms with Gasteiger partial charge in [-0.25, -0.2) is 4.98 Å². The Hall–Kier alpha value is -2.56. The number of nitrogens with one attached hydrogen (secondary N) is 1. The fraction of sp³-hybridized carbons (Fsp3) is 0.455. The summed E-state index contributed by atoms with van der Waals surface area (Å²) in [5, 5.41) is 3.22. The summed E-state index contributed by atoms with van der Waals surface area (Å²) in [5.74, 6) is 1.13. The van der Waals surface area contributed by atoms with Gasteiger partial charge in [0.25, 0.3) is 0 Å². The minimum Gasteiger partial charge on any atom is -0.364 e. The number of piperazine rings is 1. The number of amides is 1. The van der Waals surface area contributed by atoms with E-state index in [1.165, 1.54) is 11.3 Å². The number of pyridine rings is 1. The Morgan fingerprint density at radius 2 is 2.04 bits per heavy atom. The van der Waals surface area contributed by atoms with Crippen molar-refractivity contribution in [3.8, 4) is 0 Å². The topological polar surface area (TPSA) is 48.5 Å². The lowest BCUT2D eigenvalue weighted by Gasteiger charge is -2.49. The molecular weight excluding hydrogens is 336 g/mol. The number of nitrogens with zero attached hydrogens (tertiary/aromatic N) is 3. The molecule has 5 nitrogen and oxygen atoms in total. The largest absolute Gasteiger partial charge is 0.364 e. The van der Waals surface area contributed by atoms with E-state index in [2.05, 4.69) is 64.3 Å². The first kappa shape index (κ1) is 17.8. The normalized spacial score (nSPS) is 22.6. The number of hydrogen-bond acceptors (Lipinski definition) is 4. The van der Waals surface area contributed by atoms with Crippen molar-refractivity contribution in [2.24, 2.45) is 5.92 Å². The molecule has 5 heteroatoms. The zero-order chi connectivity index (χ0) is 18.8. The molecule has 1 fully saturated rings. The molecule has 1 saturated heterocycles. The van der Waals surface area contributed by atoms with Crippen LogP contribution in [0.4, 0.5) is 11.5 Å². The van der Waals surface area contributed by atoms with Gasteiger partial charge in [0.05, 0.1) is 12.0 Å². The van der Waals surface area contributed by atoms with Gasteiger partial charge in [-0.05, 0) is 43.5 Å². The van der Waals surface area contributed by atoms with Crippen LogP contribution in [0.1, 0.15) is 25.8 Å². The van der Waals surface area contributed by atoms with Crippen LogP contribution in [0, 0.1) is 5.92 Å². The van der Waals surface area contributed by atoms with Crippen LogP contribution in [0.2, 0.25) is 0 Å². The van der Waals surface area contributed by atoms with E-state index in [1.807, 2.05) is 18.3 Å². The van der Waals surface area contributed by atoms with Crippen LogP contribution in [0.5, 0.6) is 0 Å². The van der Waals surface area contributed by atoms with Gasteiger partial charge in [0, 0.05) is 37.6 Å². The summed E-state index contributed by atoms with van der Waals surface area (Å²) in [6, 6.07) is 14.9. The molecule has 0 spiro atoms. The van der Waals surface area contributed by atoms with E-state index >= 15 is 0 Å². The van der Waals surface area contributed by atoms with Crippen LogP contribution < -0.4 is 15.1 Å². The lowest BCUT2D eigenvalue weighted by molar-refractivity contribution is -0.126. The maximum atomic E-state index is 13.1. The molecule has 3 heterocycles. The van der Waals surface area contributed by atoms with E-state index in [9.17, 15) is 4.79 Å². The van der Waals surface area contributed by atoms with E-state index in [0.29, 0.717) is 0 Å². The minimum absolute atomic E-state index is 0.0413. The first-order valence-corrected chi connectivity index (χ1v) is 9.98. The molecule has 0 bridgehead atoms. The van der Waals surface area contributed by atoms with Crippen LogP contribution in [0.3, 0.4) is 0 Å². The third-order valence-electron chi connectivity index (χ3n) is 5.94. The quantitative estimate of drug-likeness (QED) is 0.906. The highest BCUT2D eigenvalue weighted by Gasteiger charge is 2.41. The van der Waals surface area contributed by atoms with Crippen molar-refractivity contribution in [1.82, 2.24) is 10.3 Å². The fourth-order valence-electron chi connectivity index (χ4n) is 4.26. The second-order valence-corrected chi connectivity index (χ2v) is 7.65. The Balaban J connectivity index is 1.63. The van der Waals surface area contributed by atoms with E-state index < -0.39 is 0 Å². The van der Waals surface area contributed by atoms with Gasteiger partial charge in [-0.3, -0.25) is 4.79 Å². The van der Waals surface area contributed by atoms with Crippen molar-refractivity contribution in [2.45, 2.75) is 38.8 Å². The molecule has 2 aliphatic rings. The van der Waals surface area contributed by atoms with Crippen molar-refractivity contribution < 1.29 is 4.79 Å². The van der Waals surface area contributed by atoms with Gasteiger partial charge in [0.15, 0.2) is 0 Å².